The first-order valence-corrected chi connectivity index (χ1v) is 6.49. The Morgan fingerprint density at radius 3 is 2.53 bits per heavy atom. The monoisotopic (exact) mass is 231 g/mol. The topological polar surface area (TPSA) is 29.1 Å². The molecule has 17 heavy (non-hydrogen) atoms. The van der Waals surface area contributed by atoms with Crippen LogP contribution in [0.3, 0.4) is 0 Å². The van der Waals surface area contributed by atoms with Crippen LogP contribution in [0.1, 0.15) is 60.5 Å². The average Bonchev–Trinajstić information content (AvgIpc) is 2.22. The van der Waals surface area contributed by atoms with Crippen LogP contribution in [-0.4, -0.2) is 11.9 Å². The Morgan fingerprint density at radius 1 is 1.35 bits per heavy atom. The number of rotatable bonds is 3. The van der Waals surface area contributed by atoms with Gasteiger partial charge in [0.2, 0.25) is 0 Å². The van der Waals surface area contributed by atoms with Crippen molar-refractivity contribution in [2.24, 2.45) is 0 Å². The first-order valence-electron chi connectivity index (χ1n) is 6.49. The summed E-state index contributed by atoms with van der Waals surface area (Å²) in [5, 5.41) is 3.07. The molecule has 0 heterocycles. The smallest absolute Gasteiger partial charge is 0.251 e. The van der Waals surface area contributed by atoms with Crippen LogP contribution in [0.4, 0.5) is 0 Å². The summed E-state index contributed by atoms with van der Waals surface area (Å²) in [6, 6.07) is 6.43. The number of aryl methyl sites for hydroxylation is 1. The minimum atomic E-state index is 0.0770. The summed E-state index contributed by atoms with van der Waals surface area (Å²) in [4.78, 5) is 12.0. The molecule has 2 rings (SSSR count). The van der Waals surface area contributed by atoms with Crippen LogP contribution in [0.15, 0.2) is 18.2 Å². The van der Waals surface area contributed by atoms with E-state index in [1.54, 1.807) is 0 Å². The molecule has 0 aliphatic heterocycles. The van der Waals surface area contributed by atoms with Crippen LogP contribution in [-0.2, 0) is 0 Å². The molecule has 0 bridgehead atoms. The highest BCUT2D eigenvalue weighted by Crippen LogP contribution is 2.21. The van der Waals surface area contributed by atoms with Crippen molar-refractivity contribution < 1.29 is 4.79 Å². The Hall–Kier alpha value is -1.31. The summed E-state index contributed by atoms with van der Waals surface area (Å²) in [6.45, 7) is 6.43. The van der Waals surface area contributed by atoms with Crippen LogP contribution < -0.4 is 5.32 Å². The van der Waals surface area contributed by atoms with Gasteiger partial charge in [-0.1, -0.05) is 19.9 Å². The quantitative estimate of drug-likeness (QED) is 0.848. The van der Waals surface area contributed by atoms with E-state index in [4.69, 9.17) is 0 Å². The number of hydrogen-bond acceptors (Lipinski definition) is 1. The van der Waals surface area contributed by atoms with Crippen LogP contribution in [0.5, 0.6) is 0 Å². The minimum Gasteiger partial charge on any atom is -0.349 e. The molecule has 0 spiro atoms. The third kappa shape index (κ3) is 2.68. The van der Waals surface area contributed by atoms with Crippen molar-refractivity contribution in [3.63, 3.8) is 0 Å². The highest BCUT2D eigenvalue weighted by atomic mass is 16.1. The van der Waals surface area contributed by atoms with Gasteiger partial charge in [0, 0.05) is 11.6 Å². The predicted octanol–water partition coefficient (Wildman–Crippen LogP) is 3.40. The zero-order valence-electron chi connectivity index (χ0n) is 10.9. The second kappa shape index (κ2) is 4.91. The second-order valence-electron chi connectivity index (χ2n) is 5.33. The predicted molar refractivity (Wildman–Crippen MR) is 70.4 cm³/mol. The number of hydrogen-bond donors (Lipinski definition) is 1. The van der Waals surface area contributed by atoms with Crippen molar-refractivity contribution >= 4 is 5.91 Å². The fraction of sp³-hybridized carbons (Fsp3) is 0.533. The molecule has 0 unspecified atom stereocenters. The Labute approximate surface area is 103 Å². The van der Waals surface area contributed by atoms with Crippen molar-refractivity contribution in [1.82, 2.24) is 5.32 Å². The third-order valence-corrected chi connectivity index (χ3v) is 3.59. The van der Waals surface area contributed by atoms with Crippen molar-refractivity contribution in [2.45, 2.75) is 52.0 Å². The Kier molecular flexibility index (Phi) is 3.51. The van der Waals surface area contributed by atoms with Gasteiger partial charge >= 0.3 is 0 Å². The second-order valence-corrected chi connectivity index (χ2v) is 5.33. The molecule has 1 N–H and O–H groups in total. The average molecular weight is 231 g/mol. The van der Waals surface area contributed by atoms with Gasteiger partial charge in [-0.25, -0.2) is 0 Å². The van der Waals surface area contributed by atoms with E-state index in [0.29, 0.717) is 12.0 Å². The first kappa shape index (κ1) is 12.2. The molecule has 2 nitrogen and oxygen atoms in total. The van der Waals surface area contributed by atoms with Gasteiger partial charge in [0.05, 0.1) is 0 Å². The van der Waals surface area contributed by atoms with Crippen LogP contribution in [0, 0.1) is 6.92 Å². The molecule has 1 aliphatic rings. The lowest BCUT2D eigenvalue weighted by atomic mass is 9.92. The fourth-order valence-corrected chi connectivity index (χ4v) is 2.29. The van der Waals surface area contributed by atoms with E-state index in [0.717, 1.165) is 18.4 Å². The Morgan fingerprint density at radius 2 is 2.06 bits per heavy atom. The Bertz CT molecular complexity index is 419. The zero-order chi connectivity index (χ0) is 12.4. The molecule has 2 heteroatoms. The van der Waals surface area contributed by atoms with Crippen molar-refractivity contribution in [1.29, 1.82) is 0 Å². The number of carbonyl (C=O) groups excluding carboxylic acids is 1. The van der Waals surface area contributed by atoms with Gasteiger partial charge in [0.25, 0.3) is 5.91 Å². The van der Waals surface area contributed by atoms with Gasteiger partial charge in [0.15, 0.2) is 0 Å². The molecule has 0 radical (unpaired) electrons. The molecule has 1 saturated carbocycles. The normalized spacial score (nSPS) is 15.8. The summed E-state index contributed by atoms with van der Waals surface area (Å²) in [5.41, 5.74) is 3.32. The molecule has 1 aliphatic carbocycles. The zero-order valence-corrected chi connectivity index (χ0v) is 10.9. The number of carbonyl (C=O) groups is 1. The lowest BCUT2D eigenvalue weighted by Crippen LogP contribution is -2.39. The van der Waals surface area contributed by atoms with Gasteiger partial charge < -0.3 is 5.32 Å². The molecule has 1 fully saturated rings. The summed E-state index contributed by atoms with van der Waals surface area (Å²) in [5.74, 6) is 0.590. The van der Waals surface area contributed by atoms with E-state index in [1.807, 2.05) is 12.1 Å². The molecule has 92 valence electrons. The molecule has 1 aromatic rings. The van der Waals surface area contributed by atoms with Gasteiger partial charge in [-0.05, 0) is 55.4 Å². The lowest BCUT2D eigenvalue weighted by Gasteiger charge is -2.26. The molecular formula is C15H21NO. The van der Waals surface area contributed by atoms with E-state index < -0.39 is 0 Å². The van der Waals surface area contributed by atoms with E-state index >= 15 is 0 Å². The fourth-order valence-electron chi connectivity index (χ4n) is 2.29. The molecular weight excluding hydrogens is 210 g/mol. The number of amides is 1. The standard InChI is InChI=1S/C15H21NO/c1-10(2)14-8-7-12(9-11(14)3)15(17)16-13-5-4-6-13/h7-10,13H,4-6H2,1-3H3,(H,16,17). The van der Waals surface area contributed by atoms with Crippen LogP contribution in [0.25, 0.3) is 0 Å². The Balaban J connectivity index is 2.10. The van der Waals surface area contributed by atoms with Crippen molar-refractivity contribution in [3.05, 3.63) is 34.9 Å². The van der Waals surface area contributed by atoms with Gasteiger partial charge in [0.1, 0.15) is 0 Å². The highest BCUT2D eigenvalue weighted by Gasteiger charge is 2.20. The minimum absolute atomic E-state index is 0.0770. The first-order chi connectivity index (χ1) is 8.08. The summed E-state index contributed by atoms with van der Waals surface area (Å²) in [6.07, 6.45) is 3.51. The van der Waals surface area contributed by atoms with Crippen molar-refractivity contribution in [3.8, 4) is 0 Å². The third-order valence-electron chi connectivity index (χ3n) is 3.59. The maximum atomic E-state index is 12.0. The van der Waals surface area contributed by atoms with Gasteiger partial charge in [-0.3, -0.25) is 4.79 Å². The molecule has 0 aromatic heterocycles. The number of nitrogens with one attached hydrogen (secondary N) is 1. The van der Waals surface area contributed by atoms with Crippen molar-refractivity contribution in [2.75, 3.05) is 0 Å². The largest absolute Gasteiger partial charge is 0.349 e. The van der Waals surface area contributed by atoms with E-state index in [9.17, 15) is 4.79 Å². The highest BCUT2D eigenvalue weighted by molar-refractivity contribution is 5.94. The molecule has 0 atom stereocenters. The summed E-state index contributed by atoms with van der Waals surface area (Å²) >= 11 is 0. The van der Waals surface area contributed by atoms with Crippen LogP contribution >= 0.6 is 0 Å². The van der Waals surface area contributed by atoms with E-state index in [2.05, 4.69) is 32.2 Å². The SMILES string of the molecule is Cc1cc(C(=O)NC2CCC2)ccc1C(C)C. The maximum Gasteiger partial charge on any atom is 0.251 e. The molecule has 1 aromatic carbocycles. The van der Waals surface area contributed by atoms with E-state index in [1.165, 1.54) is 17.5 Å². The van der Waals surface area contributed by atoms with E-state index in [-0.39, 0.29) is 5.91 Å². The summed E-state index contributed by atoms with van der Waals surface area (Å²) < 4.78 is 0. The molecule has 0 saturated heterocycles. The van der Waals surface area contributed by atoms with Crippen LogP contribution in [0.2, 0.25) is 0 Å². The van der Waals surface area contributed by atoms with Gasteiger partial charge in [-0.15, -0.1) is 0 Å². The number of benzene rings is 1. The van der Waals surface area contributed by atoms with Gasteiger partial charge in [-0.2, -0.15) is 0 Å². The lowest BCUT2D eigenvalue weighted by molar-refractivity contribution is 0.0917. The molecule has 1 amide bonds. The maximum absolute atomic E-state index is 12.0. The summed E-state index contributed by atoms with van der Waals surface area (Å²) in [7, 11) is 0.